The molecular weight excluding hydrogens is 463 g/mol. The summed E-state index contributed by atoms with van der Waals surface area (Å²) in [6.45, 7) is 0.585. The molecule has 4 rings (SSSR count). The molecule has 1 aliphatic heterocycles. The average Bonchev–Trinajstić information content (AvgIpc) is 3.00. The summed E-state index contributed by atoms with van der Waals surface area (Å²) in [5.41, 5.74) is 1.15. The Kier molecular flexibility index (Phi) is 5.87. The molecule has 8 nitrogen and oxygen atoms in total. The molecule has 11 heteroatoms. The lowest BCUT2D eigenvalue weighted by Gasteiger charge is -2.34. The molecule has 2 heterocycles. The Morgan fingerprint density at radius 3 is 2.29 bits per heavy atom. The molecule has 0 bridgehead atoms. The van der Waals surface area contributed by atoms with Crippen molar-refractivity contribution in [2.75, 3.05) is 26.2 Å². The van der Waals surface area contributed by atoms with Gasteiger partial charge in [0.25, 0.3) is 0 Å². The van der Waals surface area contributed by atoms with Crippen molar-refractivity contribution in [3.8, 4) is 0 Å². The minimum atomic E-state index is -3.83. The maximum absolute atomic E-state index is 13.0. The van der Waals surface area contributed by atoms with Gasteiger partial charge in [-0.2, -0.15) is 4.31 Å². The number of rotatable bonds is 4. The molecule has 0 atom stereocenters. The second kappa shape index (κ2) is 8.31. The summed E-state index contributed by atoms with van der Waals surface area (Å²) >= 11 is 12.1. The predicted molar refractivity (Wildman–Crippen MR) is 119 cm³/mol. The number of aromatic nitrogens is 2. The third kappa shape index (κ3) is 3.87. The van der Waals surface area contributed by atoms with Crippen LogP contribution in [0.25, 0.3) is 11.0 Å². The summed E-state index contributed by atoms with van der Waals surface area (Å²) in [6.07, 6.45) is 0. The molecule has 0 unspecified atom stereocenters. The standard InChI is InChI=1S/C20H20Cl2N4O4S/c1-23-15-6-2-3-7-16(15)26(20(23)28)13-18(27)24-9-11-25(12-10-24)31(29,30)17-8-4-5-14(21)19(17)22/h2-8H,9-13H2,1H3. The fourth-order valence-corrected chi connectivity index (χ4v) is 5.91. The molecule has 0 spiro atoms. The maximum Gasteiger partial charge on any atom is 0.329 e. The number of amides is 1. The van der Waals surface area contributed by atoms with E-state index in [1.54, 1.807) is 18.0 Å². The normalized spacial score (nSPS) is 15.5. The van der Waals surface area contributed by atoms with E-state index in [1.165, 1.54) is 31.6 Å². The minimum absolute atomic E-state index is 0.0157. The molecule has 1 aromatic heterocycles. The summed E-state index contributed by atoms with van der Waals surface area (Å²) in [5.74, 6) is -0.240. The van der Waals surface area contributed by atoms with Crippen LogP contribution in [0.5, 0.6) is 0 Å². The number of benzene rings is 2. The lowest BCUT2D eigenvalue weighted by molar-refractivity contribution is -0.133. The predicted octanol–water partition coefficient (Wildman–Crippen LogP) is 2.18. The van der Waals surface area contributed by atoms with Crippen molar-refractivity contribution in [3.05, 3.63) is 63.0 Å². The van der Waals surface area contributed by atoms with Gasteiger partial charge in [-0.25, -0.2) is 13.2 Å². The molecule has 31 heavy (non-hydrogen) atoms. The summed E-state index contributed by atoms with van der Waals surface area (Å²) in [6, 6.07) is 11.7. The van der Waals surface area contributed by atoms with Crippen molar-refractivity contribution in [2.45, 2.75) is 11.4 Å². The number of para-hydroxylation sites is 2. The lowest BCUT2D eigenvalue weighted by atomic mass is 10.3. The van der Waals surface area contributed by atoms with Gasteiger partial charge in [-0.05, 0) is 24.3 Å². The maximum atomic E-state index is 13.0. The lowest BCUT2D eigenvalue weighted by Crippen LogP contribution is -2.51. The van der Waals surface area contributed by atoms with Crippen LogP contribution in [0, 0.1) is 0 Å². The van der Waals surface area contributed by atoms with Crippen molar-refractivity contribution < 1.29 is 13.2 Å². The topological polar surface area (TPSA) is 84.6 Å². The Labute approximate surface area is 189 Å². The van der Waals surface area contributed by atoms with E-state index in [0.717, 1.165) is 5.52 Å². The Morgan fingerprint density at radius 2 is 1.61 bits per heavy atom. The first-order valence-electron chi connectivity index (χ1n) is 9.58. The van der Waals surface area contributed by atoms with Crippen molar-refractivity contribution >= 4 is 50.2 Å². The van der Waals surface area contributed by atoms with E-state index in [4.69, 9.17) is 23.2 Å². The summed E-state index contributed by atoms with van der Waals surface area (Å²) < 4.78 is 30.1. The number of carbonyl (C=O) groups excluding carboxylic acids is 1. The zero-order valence-electron chi connectivity index (χ0n) is 16.7. The van der Waals surface area contributed by atoms with Crippen LogP contribution in [0.1, 0.15) is 0 Å². The van der Waals surface area contributed by atoms with Crippen molar-refractivity contribution in [2.24, 2.45) is 7.05 Å². The van der Waals surface area contributed by atoms with Gasteiger partial charge in [-0.1, -0.05) is 41.4 Å². The van der Waals surface area contributed by atoms with Crippen LogP contribution in [0.2, 0.25) is 10.0 Å². The molecule has 0 radical (unpaired) electrons. The highest BCUT2D eigenvalue weighted by Gasteiger charge is 2.32. The smallest absolute Gasteiger partial charge is 0.329 e. The van der Waals surface area contributed by atoms with Gasteiger partial charge in [0, 0.05) is 33.2 Å². The number of sulfonamides is 1. The van der Waals surface area contributed by atoms with Crippen LogP contribution in [-0.2, 0) is 28.4 Å². The molecule has 2 aromatic carbocycles. The van der Waals surface area contributed by atoms with E-state index >= 15 is 0 Å². The third-order valence-electron chi connectivity index (χ3n) is 5.47. The van der Waals surface area contributed by atoms with Gasteiger partial charge in [0.2, 0.25) is 15.9 Å². The number of aryl methyl sites for hydroxylation is 1. The molecule has 0 saturated carbocycles. The Hall–Kier alpha value is -2.33. The fourth-order valence-electron chi connectivity index (χ4n) is 3.75. The number of imidazole rings is 1. The third-order valence-corrected chi connectivity index (χ3v) is 8.34. The van der Waals surface area contributed by atoms with Gasteiger partial charge in [-0.15, -0.1) is 0 Å². The number of fused-ring (bicyclic) bond motifs is 1. The van der Waals surface area contributed by atoms with Crippen LogP contribution >= 0.6 is 23.2 Å². The number of piperazine rings is 1. The van der Waals surface area contributed by atoms with Crippen LogP contribution < -0.4 is 5.69 Å². The molecule has 1 aliphatic rings. The van der Waals surface area contributed by atoms with Gasteiger partial charge in [0.15, 0.2) is 0 Å². The van der Waals surface area contributed by atoms with E-state index in [-0.39, 0.29) is 59.3 Å². The molecule has 1 amide bonds. The van der Waals surface area contributed by atoms with Crippen LogP contribution in [0.3, 0.4) is 0 Å². The SMILES string of the molecule is Cn1c(=O)n(CC(=O)N2CCN(S(=O)(=O)c3cccc(Cl)c3Cl)CC2)c2ccccc21. The van der Waals surface area contributed by atoms with E-state index in [0.29, 0.717) is 5.52 Å². The number of hydrogen-bond acceptors (Lipinski definition) is 4. The highest BCUT2D eigenvalue weighted by atomic mass is 35.5. The molecule has 164 valence electrons. The van der Waals surface area contributed by atoms with E-state index in [1.807, 2.05) is 18.2 Å². The Morgan fingerprint density at radius 1 is 0.968 bits per heavy atom. The number of nitrogens with zero attached hydrogens (tertiary/aromatic N) is 4. The molecule has 1 fully saturated rings. The molecular formula is C20H20Cl2N4O4S. The monoisotopic (exact) mass is 482 g/mol. The molecule has 0 aliphatic carbocycles. The average molecular weight is 483 g/mol. The summed E-state index contributed by atoms with van der Waals surface area (Å²) in [7, 11) is -2.17. The van der Waals surface area contributed by atoms with Gasteiger partial charge >= 0.3 is 5.69 Å². The first-order valence-corrected chi connectivity index (χ1v) is 11.8. The Bertz CT molecular complexity index is 1320. The molecule has 3 aromatic rings. The number of carbonyl (C=O) groups is 1. The van der Waals surface area contributed by atoms with Gasteiger partial charge in [0.05, 0.1) is 21.1 Å². The van der Waals surface area contributed by atoms with Crippen LogP contribution in [0.15, 0.2) is 52.2 Å². The molecule has 0 N–H and O–H groups in total. The number of halogens is 2. The second-order valence-corrected chi connectivity index (χ2v) is 9.94. The quantitative estimate of drug-likeness (QED) is 0.570. The highest BCUT2D eigenvalue weighted by molar-refractivity contribution is 7.89. The Balaban J connectivity index is 1.48. The molecule has 1 saturated heterocycles. The van der Waals surface area contributed by atoms with Crippen molar-refractivity contribution in [3.63, 3.8) is 0 Å². The zero-order chi connectivity index (χ0) is 22.3. The first-order chi connectivity index (χ1) is 14.7. The largest absolute Gasteiger partial charge is 0.338 e. The van der Waals surface area contributed by atoms with Gasteiger partial charge in [0.1, 0.15) is 11.4 Å². The zero-order valence-corrected chi connectivity index (χ0v) is 19.0. The summed E-state index contributed by atoms with van der Waals surface area (Å²) in [5, 5.41) is 0.148. The fraction of sp³-hybridized carbons (Fsp3) is 0.300. The van der Waals surface area contributed by atoms with Gasteiger partial charge < -0.3 is 4.90 Å². The number of hydrogen-bond donors (Lipinski definition) is 0. The summed E-state index contributed by atoms with van der Waals surface area (Å²) in [4.78, 5) is 26.9. The van der Waals surface area contributed by atoms with Gasteiger partial charge in [-0.3, -0.25) is 13.9 Å². The van der Waals surface area contributed by atoms with E-state index in [2.05, 4.69) is 0 Å². The highest BCUT2D eigenvalue weighted by Crippen LogP contribution is 2.31. The minimum Gasteiger partial charge on any atom is -0.338 e. The van der Waals surface area contributed by atoms with E-state index < -0.39 is 10.0 Å². The van der Waals surface area contributed by atoms with Crippen LogP contribution in [-0.4, -0.2) is 58.8 Å². The van der Waals surface area contributed by atoms with Crippen LogP contribution in [0.4, 0.5) is 0 Å². The van der Waals surface area contributed by atoms with Crippen molar-refractivity contribution in [1.29, 1.82) is 0 Å². The second-order valence-electron chi connectivity index (χ2n) is 7.25. The first kappa shape index (κ1) is 21.9. The van der Waals surface area contributed by atoms with Crippen molar-refractivity contribution in [1.82, 2.24) is 18.3 Å². The van der Waals surface area contributed by atoms with E-state index in [9.17, 15) is 18.0 Å².